The van der Waals surface area contributed by atoms with Crippen molar-refractivity contribution in [3.05, 3.63) is 5.69 Å². The molecule has 1 amide bonds. The molecule has 4 N–H and O–H groups in total. The summed E-state index contributed by atoms with van der Waals surface area (Å²) in [6.07, 6.45) is 0.0137. The Kier molecular flexibility index (Phi) is 3.41. The fourth-order valence-electron chi connectivity index (χ4n) is 0.831. The SMILES string of the molecule is CC(O)CCNC(=O)c1nonc1N. The number of hydrogen-bond donors (Lipinski definition) is 3. The van der Waals surface area contributed by atoms with Crippen LogP contribution < -0.4 is 11.1 Å². The summed E-state index contributed by atoms with van der Waals surface area (Å²) in [5.74, 6) is -0.496. The van der Waals surface area contributed by atoms with Crippen LogP contribution in [0, 0.1) is 0 Å². The summed E-state index contributed by atoms with van der Waals surface area (Å²) in [6, 6.07) is 0. The molecule has 7 heteroatoms. The van der Waals surface area contributed by atoms with Gasteiger partial charge in [-0.15, -0.1) is 0 Å². The van der Waals surface area contributed by atoms with Crippen LogP contribution >= 0.6 is 0 Å². The van der Waals surface area contributed by atoms with Crippen LogP contribution in [0.25, 0.3) is 0 Å². The van der Waals surface area contributed by atoms with E-state index in [0.29, 0.717) is 13.0 Å². The summed E-state index contributed by atoms with van der Waals surface area (Å²) in [5.41, 5.74) is 5.26. The number of aromatic nitrogens is 2. The molecule has 0 saturated carbocycles. The topological polar surface area (TPSA) is 114 Å². The molecule has 0 saturated heterocycles. The molecule has 0 aliphatic carbocycles. The Morgan fingerprint density at radius 1 is 1.71 bits per heavy atom. The number of anilines is 1. The summed E-state index contributed by atoms with van der Waals surface area (Å²) in [4.78, 5) is 11.3. The lowest BCUT2D eigenvalue weighted by atomic mass is 10.3. The van der Waals surface area contributed by atoms with E-state index >= 15 is 0 Å². The quantitative estimate of drug-likeness (QED) is 0.583. The largest absolute Gasteiger partial charge is 0.393 e. The van der Waals surface area contributed by atoms with Gasteiger partial charge in [0, 0.05) is 6.54 Å². The third-order valence-electron chi connectivity index (χ3n) is 1.58. The lowest BCUT2D eigenvalue weighted by Gasteiger charge is -2.04. The van der Waals surface area contributed by atoms with Crippen LogP contribution in [0.15, 0.2) is 4.63 Å². The summed E-state index contributed by atoms with van der Waals surface area (Å²) in [5, 5.41) is 18.0. The van der Waals surface area contributed by atoms with E-state index in [1.165, 1.54) is 0 Å². The van der Waals surface area contributed by atoms with Crippen molar-refractivity contribution in [3.8, 4) is 0 Å². The summed E-state index contributed by atoms with van der Waals surface area (Å²) >= 11 is 0. The van der Waals surface area contributed by atoms with Crippen LogP contribution in [0.4, 0.5) is 5.82 Å². The predicted molar refractivity (Wildman–Crippen MR) is 47.3 cm³/mol. The second kappa shape index (κ2) is 4.56. The first-order valence-electron chi connectivity index (χ1n) is 4.15. The molecule has 78 valence electrons. The molecule has 0 spiro atoms. The van der Waals surface area contributed by atoms with Gasteiger partial charge in [-0.1, -0.05) is 0 Å². The Bertz CT molecular complexity index is 310. The van der Waals surface area contributed by atoms with E-state index in [-0.39, 0.29) is 11.5 Å². The molecule has 0 bridgehead atoms. The van der Waals surface area contributed by atoms with E-state index in [1.54, 1.807) is 6.92 Å². The molecule has 0 aliphatic rings. The maximum absolute atomic E-state index is 11.3. The van der Waals surface area contributed by atoms with Gasteiger partial charge in [0.25, 0.3) is 5.91 Å². The average molecular weight is 200 g/mol. The standard InChI is InChI=1S/C7H12N4O3/c1-4(12)2-3-9-7(13)5-6(8)11-14-10-5/h4,12H,2-3H2,1H3,(H2,8,11)(H,9,13). The molecule has 1 atom stereocenters. The lowest BCUT2D eigenvalue weighted by molar-refractivity contribution is 0.0936. The van der Waals surface area contributed by atoms with E-state index in [9.17, 15) is 4.79 Å². The number of nitrogens with zero attached hydrogens (tertiary/aromatic N) is 2. The van der Waals surface area contributed by atoms with Crippen LogP contribution in [0.3, 0.4) is 0 Å². The van der Waals surface area contributed by atoms with Crippen molar-refractivity contribution < 1.29 is 14.5 Å². The molecule has 7 nitrogen and oxygen atoms in total. The van der Waals surface area contributed by atoms with Gasteiger partial charge in [-0.2, -0.15) is 0 Å². The van der Waals surface area contributed by atoms with Crippen LogP contribution in [0.1, 0.15) is 23.8 Å². The number of nitrogen functional groups attached to an aromatic ring is 1. The lowest BCUT2D eigenvalue weighted by Crippen LogP contribution is -2.27. The Labute approximate surface area is 80.2 Å². The summed E-state index contributed by atoms with van der Waals surface area (Å²) < 4.78 is 4.26. The molecule has 0 radical (unpaired) electrons. The fourth-order valence-corrected chi connectivity index (χ4v) is 0.831. The average Bonchev–Trinajstić information content (AvgIpc) is 2.50. The molecule has 1 aromatic rings. The van der Waals surface area contributed by atoms with Crippen LogP contribution in [0.5, 0.6) is 0 Å². The van der Waals surface area contributed by atoms with Gasteiger partial charge in [0.05, 0.1) is 6.10 Å². The first kappa shape index (κ1) is 10.5. The van der Waals surface area contributed by atoms with E-state index in [2.05, 4.69) is 20.3 Å². The van der Waals surface area contributed by atoms with Crippen molar-refractivity contribution in [2.75, 3.05) is 12.3 Å². The second-order valence-corrected chi connectivity index (χ2v) is 2.89. The Morgan fingerprint density at radius 3 is 2.93 bits per heavy atom. The van der Waals surface area contributed by atoms with Crippen LogP contribution in [-0.4, -0.2) is 34.0 Å². The highest BCUT2D eigenvalue weighted by Crippen LogP contribution is 2.02. The molecule has 0 fully saturated rings. The van der Waals surface area contributed by atoms with Crippen molar-refractivity contribution in [3.63, 3.8) is 0 Å². The third kappa shape index (κ3) is 2.70. The first-order chi connectivity index (χ1) is 6.61. The minimum absolute atomic E-state index is 0.0319. The van der Waals surface area contributed by atoms with Gasteiger partial charge in [-0.25, -0.2) is 4.63 Å². The zero-order valence-corrected chi connectivity index (χ0v) is 7.73. The number of hydrogen-bond acceptors (Lipinski definition) is 6. The number of aliphatic hydroxyl groups is 1. The van der Waals surface area contributed by atoms with Crippen molar-refractivity contribution in [1.82, 2.24) is 15.6 Å². The van der Waals surface area contributed by atoms with E-state index < -0.39 is 12.0 Å². The smallest absolute Gasteiger partial charge is 0.277 e. The number of nitrogens with two attached hydrogens (primary N) is 1. The molecule has 1 unspecified atom stereocenters. The van der Waals surface area contributed by atoms with Gasteiger partial charge in [0.1, 0.15) is 0 Å². The maximum Gasteiger partial charge on any atom is 0.277 e. The molecule has 0 aliphatic heterocycles. The van der Waals surface area contributed by atoms with Crippen molar-refractivity contribution >= 4 is 11.7 Å². The monoisotopic (exact) mass is 200 g/mol. The minimum Gasteiger partial charge on any atom is -0.393 e. The summed E-state index contributed by atoms with van der Waals surface area (Å²) in [7, 11) is 0. The van der Waals surface area contributed by atoms with Gasteiger partial charge in [-0.05, 0) is 23.7 Å². The van der Waals surface area contributed by atoms with Crippen LogP contribution in [-0.2, 0) is 0 Å². The van der Waals surface area contributed by atoms with Crippen molar-refractivity contribution in [2.24, 2.45) is 0 Å². The van der Waals surface area contributed by atoms with Gasteiger partial charge >= 0.3 is 0 Å². The zero-order valence-electron chi connectivity index (χ0n) is 7.73. The molecular formula is C7H12N4O3. The van der Waals surface area contributed by atoms with E-state index in [1.807, 2.05) is 0 Å². The maximum atomic E-state index is 11.3. The Morgan fingerprint density at radius 2 is 2.43 bits per heavy atom. The molecular weight excluding hydrogens is 188 g/mol. The highest BCUT2D eigenvalue weighted by molar-refractivity contribution is 5.95. The third-order valence-corrected chi connectivity index (χ3v) is 1.58. The fraction of sp³-hybridized carbons (Fsp3) is 0.571. The van der Waals surface area contributed by atoms with Crippen molar-refractivity contribution in [2.45, 2.75) is 19.4 Å². The molecule has 1 rings (SSSR count). The van der Waals surface area contributed by atoms with Gasteiger partial charge < -0.3 is 16.2 Å². The first-order valence-corrected chi connectivity index (χ1v) is 4.15. The number of aliphatic hydroxyl groups excluding tert-OH is 1. The summed E-state index contributed by atoms with van der Waals surface area (Å²) in [6.45, 7) is 1.99. The normalized spacial score (nSPS) is 12.4. The van der Waals surface area contributed by atoms with Crippen LogP contribution in [0.2, 0.25) is 0 Å². The predicted octanol–water partition coefficient (Wildman–Crippen LogP) is -0.848. The highest BCUT2D eigenvalue weighted by Gasteiger charge is 2.14. The molecule has 14 heavy (non-hydrogen) atoms. The Balaban J connectivity index is 2.40. The van der Waals surface area contributed by atoms with E-state index in [0.717, 1.165) is 0 Å². The van der Waals surface area contributed by atoms with E-state index in [4.69, 9.17) is 10.8 Å². The molecule has 0 aromatic carbocycles. The number of rotatable bonds is 4. The Hall–Kier alpha value is -1.63. The molecule has 1 heterocycles. The van der Waals surface area contributed by atoms with Gasteiger partial charge in [-0.3, -0.25) is 4.79 Å². The highest BCUT2D eigenvalue weighted by atomic mass is 16.6. The number of nitrogens with one attached hydrogen (secondary N) is 1. The van der Waals surface area contributed by atoms with Gasteiger partial charge in [0.2, 0.25) is 11.5 Å². The number of carbonyl (C=O) groups is 1. The number of carbonyl (C=O) groups excluding carboxylic acids is 1. The second-order valence-electron chi connectivity index (χ2n) is 2.89. The minimum atomic E-state index is -0.455. The van der Waals surface area contributed by atoms with Crippen molar-refractivity contribution in [1.29, 1.82) is 0 Å². The number of amides is 1. The zero-order chi connectivity index (χ0) is 10.6. The molecule has 1 aromatic heterocycles. The van der Waals surface area contributed by atoms with Gasteiger partial charge in [0.15, 0.2) is 0 Å².